The molecule has 1 amide bonds. The molecule has 2 aromatic carbocycles. The van der Waals surface area contributed by atoms with E-state index < -0.39 is 0 Å². The lowest BCUT2D eigenvalue weighted by molar-refractivity contribution is 0.0977. The fourth-order valence-electron chi connectivity index (χ4n) is 1.91. The molecule has 0 aliphatic carbocycles. The van der Waals surface area contributed by atoms with E-state index in [4.69, 9.17) is 17.0 Å². The lowest BCUT2D eigenvalue weighted by Crippen LogP contribution is -2.34. The Morgan fingerprint density at radius 2 is 1.88 bits per heavy atom. The normalized spacial score (nSPS) is 10.4. The molecule has 132 valence electrons. The number of anilines is 1. The van der Waals surface area contributed by atoms with Crippen LogP contribution in [0.3, 0.4) is 0 Å². The summed E-state index contributed by atoms with van der Waals surface area (Å²) in [6.45, 7) is 4.77. The lowest BCUT2D eigenvalue weighted by atomic mass is 10.2. The van der Waals surface area contributed by atoms with Crippen molar-refractivity contribution >= 4 is 60.8 Å². The van der Waals surface area contributed by atoms with E-state index in [1.54, 1.807) is 18.2 Å². The summed E-state index contributed by atoms with van der Waals surface area (Å²) >= 11 is 12.1. The predicted octanol–water partition coefficient (Wildman–Crippen LogP) is 5.37. The van der Waals surface area contributed by atoms with E-state index in [1.807, 2.05) is 24.3 Å². The molecule has 0 unspecified atom stereocenters. The summed E-state index contributed by atoms with van der Waals surface area (Å²) in [6.07, 6.45) is 0. The van der Waals surface area contributed by atoms with E-state index in [9.17, 15) is 4.79 Å². The van der Waals surface area contributed by atoms with Crippen molar-refractivity contribution in [1.29, 1.82) is 0 Å². The summed E-state index contributed by atoms with van der Waals surface area (Å²) < 4.78 is 7.27. The van der Waals surface area contributed by atoms with E-state index >= 15 is 0 Å². The molecule has 0 atom stereocenters. The third-order valence-electron chi connectivity index (χ3n) is 3.12. The van der Waals surface area contributed by atoms with Crippen LogP contribution >= 0.6 is 44.1 Å². The fourth-order valence-corrected chi connectivity index (χ4v) is 2.99. The summed E-state index contributed by atoms with van der Waals surface area (Å²) in [5.41, 5.74) is 1.27. The molecule has 0 aliphatic heterocycles. The average molecular weight is 486 g/mol. The number of rotatable bonds is 5. The first-order valence-electron chi connectivity index (χ1n) is 7.66. The Bertz CT molecular complexity index is 781. The molecule has 0 aromatic heterocycles. The van der Waals surface area contributed by atoms with Gasteiger partial charge in [0.05, 0.1) is 16.8 Å². The van der Waals surface area contributed by atoms with Crippen LogP contribution in [0.5, 0.6) is 5.75 Å². The van der Waals surface area contributed by atoms with Gasteiger partial charge in [0.25, 0.3) is 5.91 Å². The Balaban J connectivity index is 1.99. The van der Waals surface area contributed by atoms with Crippen molar-refractivity contribution in [1.82, 2.24) is 5.32 Å². The molecule has 0 spiro atoms. The smallest absolute Gasteiger partial charge is 0.257 e. The largest absolute Gasteiger partial charge is 0.492 e. The molecule has 0 radical (unpaired) electrons. The van der Waals surface area contributed by atoms with Gasteiger partial charge in [-0.3, -0.25) is 10.1 Å². The van der Waals surface area contributed by atoms with Gasteiger partial charge in [-0.25, -0.2) is 0 Å². The second-order valence-electron chi connectivity index (χ2n) is 5.74. The number of carbonyl (C=O) groups is 1. The van der Waals surface area contributed by atoms with Gasteiger partial charge < -0.3 is 10.1 Å². The summed E-state index contributed by atoms with van der Waals surface area (Å²) in [6, 6.07) is 12.7. The summed E-state index contributed by atoms with van der Waals surface area (Å²) in [5, 5.41) is 5.88. The summed E-state index contributed by atoms with van der Waals surface area (Å²) in [5.74, 6) is 0.843. The Kier molecular flexibility index (Phi) is 7.40. The highest BCUT2D eigenvalue weighted by molar-refractivity contribution is 9.11. The molecular formula is C18H18Br2N2O2S. The number of hydrogen-bond acceptors (Lipinski definition) is 3. The van der Waals surface area contributed by atoms with E-state index in [2.05, 4.69) is 56.3 Å². The molecule has 25 heavy (non-hydrogen) atoms. The van der Waals surface area contributed by atoms with Crippen LogP contribution in [0.4, 0.5) is 5.69 Å². The number of amides is 1. The van der Waals surface area contributed by atoms with Crippen molar-refractivity contribution in [3.63, 3.8) is 0 Å². The molecule has 7 heteroatoms. The van der Waals surface area contributed by atoms with E-state index in [-0.39, 0.29) is 11.0 Å². The maximum Gasteiger partial charge on any atom is 0.257 e. The van der Waals surface area contributed by atoms with Crippen LogP contribution in [-0.4, -0.2) is 17.6 Å². The van der Waals surface area contributed by atoms with Crippen molar-refractivity contribution in [2.75, 3.05) is 11.9 Å². The highest BCUT2D eigenvalue weighted by atomic mass is 79.9. The van der Waals surface area contributed by atoms with E-state index in [1.165, 1.54) is 0 Å². The third kappa shape index (κ3) is 6.09. The molecule has 0 fully saturated rings. The van der Waals surface area contributed by atoms with Crippen LogP contribution in [0.1, 0.15) is 24.2 Å². The first kappa shape index (κ1) is 19.9. The third-order valence-corrected chi connectivity index (χ3v) is 4.63. The zero-order valence-electron chi connectivity index (χ0n) is 13.8. The van der Waals surface area contributed by atoms with Crippen LogP contribution < -0.4 is 15.4 Å². The molecule has 0 aliphatic rings. The highest BCUT2D eigenvalue weighted by Crippen LogP contribution is 2.26. The molecule has 0 heterocycles. The van der Waals surface area contributed by atoms with Gasteiger partial charge in [0, 0.05) is 10.0 Å². The first-order valence-corrected chi connectivity index (χ1v) is 9.65. The molecule has 4 nitrogen and oxygen atoms in total. The van der Waals surface area contributed by atoms with Crippen LogP contribution in [0.15, 0.2) is 51.4 Å². The van der Waals surface area contributed by atoms with Crippen LogP contribution in [0.2, 0.25) is 0 Å². The number of hydrogen-bond donors (Lipinski definition) is 2. The molecule has 2 N–H and O–H groups in total. The van der Waals surface area contributed by atoms with Gasteiger partial charge in [-0.05, 0) is 80.3 Å². The standard InChI is InChI=1S/C18H18Br2N2O2S/c1-11(2)10-24-16-8-7-12(9-14(16)20)17(23)22-18(25)21-15-6-4-3-5-13(15)19/h3-9,11H,10H2,1-2H3,(H2,21,22,23,25). The van der Waals surface area contributed by atoms with Gasteiger partial charge >= 0.3 is 0 Å². The monoisotopic (exact) mass is 484 g/mol. The predicted molar refractivity (Wildman–Crippen MR) is 112 cm³/mol. The molecule has 0 saturated carbocycles. The van der Waals surface area contributed by atoms with Crippen LogP contribution in [0, 0.1) is 5.92 Å². The zero-order valence-corrected chi connectivity index (χ0v) is 17.8. The van der Waals surface area contributed by atoms with Crippen LogP contribution in [0.25, 0.3) is 0 Å². The van der Waals surface area contributed by atoms with Crippen molar-refractivity contribution in [2.45, 2.75) is 13.8 Å². The number of benzene rings is 2. The number of para-hydroxylation sites is 1. The maximum atomic E-state index is 12.3. The first-order chi connectivity index (χ1) is 11.9. The molecule has 2 aromatic rings. The van der Waals surface area contributed by atoms with Gasteiger partial charge in [0.15, 0.2) is 5.11 Å². The number of carbonyl (C=O) groups excluding carboxylic acids is 1. The number of ether oxygens (including phenoxy) is 1. The average Bonchev–Trinajstić information content (AvgIpc) is 2.55. The fraction of sp³-hybridized carbons (Fsp3) is 0.222. The number of nitrogens with one attached hydrogen (secondary N) is 2. The van der Waals surface area contributed by atoms with Crippen molar-refractivity contribution < 1.29 is 9.53 Å². The number of halogens is 2. The Morgan fingerprint density at radius 3 is 2.52 bits per heavy atom. The number of thiocarbonyl (C=S) groups is 1. The molecular weight excluding hydrogens is 468 g/mol. The Morgan fingerprint density at radius 1 is 1.16 bits per heavy atom. The quantitative estimate of drug-likeness (QED) is 0.558. The van der Waals surface area contributed by atoms with E-state index in [0.717, 1.165) is 14.6 Å². The summed E-state index contributed by atoms with van der Waals surface area (Å²) in [7, 11) is 0. The molecule has 0 bridgehead atoms. The van der Waals surface area contributed by atoms with Crippen molar-refractivity contribution in [2.24, 2.45) is 5.92 Å². The van der Waals surface area contributed by atoms with Gasteiger partial charge in [-0.1, -0.05) is 26.0 Å². The maximum absolute atomic E-state index is 12.3. The van der Waals surface area contributed by atoms with Crippen LogP contribution in [-0.2, 0) is 0 Å². The van der Waals surface area contributed by atoms with Crippen molar-refractivity contribution in [3.05, 3.63) is 57.0 Å². The topological polar surface area (TPSA) is 50.4 Å². The Labute approximate surface area is 169 Å². The van der Waals surface area contributed by atoms with Gasteiger partial charge in [-0.2, -0.15) is 0 Å². The second kappa shape index (κ2) is 9.31. The minimum absolute atomic E-state index is 0.230. The highest BCUT2D eigenvalue weighted by Gasteiger charge is 2.12. The van der Waals surface area contributed by atoms with Gasteiger partial charge in [-0.15, -0.1) is 0 Å². The second-order valence-corrected chi connectivity index (χ2v) is 7.86. The Hall–Kier alpha value is -1.44. The van der Waals surface area contributed by atoms with E-state index in [0.29, 0.717) is 23.8 Å². The minimum Gasteiger partial charge on any atom is -0.492 e. The van der Waals surface area contributed by atoms with Crippen molar-refractivity contribution in [3.8, 4) is 5.75 Å². The molecule has 0 saturated heterocycles. The SMILES string of the molecule is CC(C)COc1ccc(C(=O)NC(=S)Nc2ccccc2Br)cc1Br. The van der Waals surface area contributed by atoms with Gasteiger partial charge in [0.1, 0.15) is 5.75 Å². The minimum atomic E-state index is -0.291. The molecule has 2 rings (SSSR count). The van der Waals surface area contributed by atoms with Gasteiger partial charge in [0.2, 0.25) is 0 Å². The lowest BCUT2D eigenvalue weighted by Gasteiger charge is -2.13. The summed E-state index contributed by atoms with van der Waals surface area (Å²) in [4.78, 5) is 12.3. The zero-order chi connectivity index (χ0) is 18.4.